The molecule has 136 valence electrons. The number of Topliss-reactive ketones (excluding diaryl/α,β-unsaturated/α-hetero) is 1. The Hall–Kier alpha value is -2.82. The molecule has 3 rings (SSSR count). The van der Waals surface area contributed by atoms with Gasteiger partial charge in [0, 0.05) is 31.4 Å². The maximum Gasteiger partial charge on any atom is 0.258 e. The summed E-state index contributed by atoms with van der Waals surface area (Å²) in [5, 5.41) is 2.89. The number of ketones is 1. The molecule has 5 nitrogen and oxygen atoms in total. The molecule has 1 amide bonds. The van der Waals surface area contributed by atoms with Gasteiger partial charge in [0.1, 0.15) is 5.75 Å². The van der Waals surface area contributed by atoms with Crippen molar-refractivity contribution < 1.29 is 14.3 Å². The number of fused-ring (bicyclic) bond motifs is 1. The van der Waals surface area contributed by atoms with Gasteiger partial charge >= 0.3 is 0 Å². The minimum Gasteiger partial charge on any atom is -0.484 e. The largest absolute Gasteiger partial charge is 0.484 e. The van der Waals surface area contributed by atoms with E-state index < -0.39 is 0 Å². The Morgan fingerprint density at radius 1 is 1.15 bits per heavy atom. The van der Waals surface area contributed by atoms with Crippen LogP contribution < -0.4 is 15.0 Å². The Balaban J connectivity index is 1.49. The second-order valence-electron chi connectivity index (χ2n) is 6.63. The number of amides is 1. The first-order valence-electron chi connectivity index (χ1n) is 8.86. The van der Waals surface area contributed by atoms with Crippen molar-refractivity contribution in [2.75, 3.05) is 25.1 Å². The number of anilines is 1. The number of hydrogen-bond donors (Lipinski definition) is 1. The predicted molar refractivity (Wildman–Crippen MR) is 102 cm³/mol. The average molecular weight is 352 g/mol. The summed E-state index contributed by atoms with van der Waals surface area (Å²) in [7, 11) is 2.11. The molecular weight excluding hydrogens is 328 g/mol. The first-order valence-corrected chi connectivity index (χ1v) is 8.86. The number of nitrogens with zero attached hydrogens (tertiary/aromatic N) is 1. The van der Waals surface area contributed by atoms with Gasteiger partial charge in [0.05, 0.1) is 0 Å². The molecule has 1 heterocycles. The van der Waals surface area contributed by atoms with Crippen molar-refractivity contribution in [3.05, 3.63) is 59.2 Å². The standard InChI is InChI=1S/C21H24N2O3/c1-15(24)17-6-8-19(9-7-17)26-14-21(25)22-13-16-5-10-20-18(12-16)4-3-11-23(20)2/h5-10,12H,3-4,11,13-14H2,1-2H3,(H,22,25). The van der Waals surface area contributed by atoms with Crippen molar-refractivity contribution in [2.45, 2.75) is 26.3 Å². The smallest absolute Gasteiger partial charge is 0.258 e. The van der Waals surface area contributed by atoms with Gasteiger partial charge in [0.2, 0.25) is 0 Å². The summed E-state index contributed by atoms with van der Waals surface area (Å²) in [6.45, 7) is 3.05. The summed E-state index contributed by atoms with van der Waals surface area (Å²) in [6.07, 6.45) is 2.25. The predicted octanol–water partition coefficient (Wildman–Crippen LogP) is 2.97. The third-order valence-electron chi connectivity index (χ3n) is 4.62. The van der Waals surface area contributed by atoms with Crippen LogP contribution in [0.2, 0.25) is 0 Å². The number of benzene rings is 2. The zero-order valence-electron chi connectivity index (χ0n) is 15.2. The molecular formula is C21H24N2O3. The van der Waals surface area contributed by atoms with Crippen LogP contribution in [0.1, 0.15) is 34.8 Å². The maximum atomic E-state index is 12.0. The lowest BCUT2D eigenvalue weighted by Gasteiger charge is -2.27. The van der Waals surface area contributed by atoms with Crippen LogP contribution in [0.5, 0.6) is 5.75 Å². The van der Waals surface area contributed by atoms with Gasteiger partial charge in [0.15, 0.2) is 12.4 Å². The molecule has 1 aliphatic rings. The van der Waals surface area contributed by atoms with Gasteiger partial charge in [-0.15, -0.1) is 0 Å². The molecule has 0 fully saturated rings. The van der Waals surface area contributed by atoms with Crippen LogP contribution >= 0.6 is 0 Å². The van der Waals surface area contributed by atoms with Crippen molar-refractivity contribution in [3.63, 3.8) is 0 Å². The van der Waals surface area contributed by atoms with Crippen LogP contribution in [0.3, 0.4) is 0 Å². The lowest BCUT2D eigenvalue weighted by atomic mass is 9.99. The van der Waals surface area contributed by atoms with Gasteiger partial charge in [-0.05, 0) is 61.2 Å². The van der Waals surface area contributed by atoms with Crippen molar-refractivity contribution in [2.24, 2.45) is 0 Å². The third-order valence-corrected chi connectivity index (χ3v) is 4.62. The molecule has 0 radical (unpaired) electrons. The Labute approximate surface area is 154 Å². The average Bonchev–Trinajstić information content (AvgIpc) is 2.65. The molecule has 26 heavy (non-hydrogen) atoms. The molecule has 0 bridgehead atoms. The van der Waals surface area contributed by atoms with E-state index in [9.17, 15) is 9.59 Å². The summed E-state index contributed by atoms with van der Waals surface area (Å²) in [4.78, 5) is 25.5. The zero-order chi connectivity index (χ0) is 18.5. The van der Waals surface area contributed by atoms with Crippen LogP contribution in [-0.2, 0) is 17.8 Å². The SMILES string of the molecule is CC(=O)c1ccc(OCC(=O)NCc2ccc3c(c2)CCCN3C)cc1. The van der Waals surface area contributed by atoms with Crippen LogP contribution in [-0.4, -0.2) is 31.9 Å². The Morgan fingerprint density at radius 3 is 2.65 bits per heavy atom. The summed E-state index contributed by atoms with van der Waals surface area (Å²) < 4.78 is 5.47. The topological polar surface area (TPSA) is 58.6 Å². The monoisotopic (exact) mass is 352 g/mol. The first kappa shape index (κ1) is 18.0. The van der Waals surface area contributed by atoms with Gasteiger partial charge in [-0.3, -0.25) is 9.59 Å². The highest BCUT2D eigenvalue weighted by molar-refractivity contribution is 5.94. The molecule has 0 unspecified atom stereocenters. The van der Waals surface area contributed by atoms with E-state index >= 15 is 0 Å². The number of aryl methyl sites for hydroxylation is 1. The fourth-order valence-electron chi connectivity index (χ4n) is 3.14. The van der Waals surface area contributed by atoms with E-state index in [1.165, 1.54) is 18.2 Å². The van der Waals surface area contributed by atoms with Crippen LogP contribution in [0.4, 0.5) is 5.69 Å². The van der Waals surface area contributed by atoms with E-state index in [4.69, 9.17) is 4.74 Å². The van der Waals surface area contributed by atoms with Gasteiger partial charge in [-0.2, -0.15) is 0 Å². The molecule has 0 aromatic heterocycles. The van der Waals surface area contributed by atoms with Crippen molar-refractivity contribution >= 4 is 17.4 Å². The normalized spacial score (nSPS) is 13.1. The van der Waals surface area contributed by atoms with Gasteiger partial charge < -0.3 is 15.0 Å². The molecule has 1 N–H and O–H groups in total. The van der Waals surface area contributed by atoms with Crippen LogP contribution in [0.25, 0.3) is 0 Å². The molecule has 0 aliphatic carbocycles. The lowest BCUT2D eigenvalue weighted by Crippen LogP contribution is -2.29. The van der Waals surface area contributed by atoms with Gasteiger partial charge in [-0.25, -0.2) is 0 Å². The highest BCUT2D eigenvalue weighted by Gasteiger charge is 2.14. The lowest BCUT2D eigenvalue weighted by molar-refractivity contribution is -0.123. The quantitative estimate of drug-likeness (QED) is 0.812. The minimum atomic E-state index is -0.171. The van der Waals surface area contributed by atoms with E-state index in [0.29, 0.717) is 17.9 Å². The maximum absolute atomic E-state index is 12.0. The summed E-state index contributed by atoms with van der Waals surface area (Å²) >= 11 is 0. The molecule has 0 saturated carbocycles. The minimum absolute atomic E-state index is 0.00513. The Bertz CT molecular complexity index is 799. The van der Waals surface area contributed by atoms with Crippen LogP contribution in [0, 0.1) is 0 Å². The number of ether oxygens (including phenoxy) is 1. The van der Waals surface area contributed by atoms with Gasteiger partial charge in [0.25, 0.3) is 5.91 Å². The molecule has 0 saturated heterocycles. The highest BCUT2D eigenvalue weighted by atomic mass is 16.5. The van der Waals surface area contributed by atoms with Crippen molar-refractivity contribution in [1.29, 1.82) is 0 Å². The van der Waals surface area contributed by atoms with Crippen LogP contribution in [0.15, 0.2) is 42.5 Å². The molecule has 1 aliphatic heterocycles. The molecule has 0 spiro atoms. The number of carbonyl (C=O) groups is 2. The number of carbonyl (C=O) groups excluding carboxylic acids is 2. The van der Waals surface area contributed by atoms with E-state index in [2.05, 4.69) is 35.5 Å². The summed E-state index contributed by atoms with van der Waals surface area (Å²) in [6, 6.07) is 13.1. The Morgan fingerprint density at radius 2 is 1.92 bits per heavy atom. The number of nitrogens with one attached hydrogen (secondary N) is 1. The second kappa shape index (κ2) is 8.04. The second-order valence-corrected chi connectivity index (χ2v) is 6.63. The fourth-order valence-corrected chi connectivity index (χ4v) is 3.14. The number of rotatable bonds is 6. The van der Waals surface area contributed by atoms with E-state index in [1.807, 2.05) is 0 Å². The molecule has 2 aromatic carbocycles. The van der Waals surface area contributed by atoms with Gasteiger partial charge in [-0.1, -0.05) is 12.1 Å². The van der Waals surface area contributed by atoms with E-state index in [1.54, 1.807) is 24.3 Å². The Kier molecular flexibility index (Phi) is 5.56. The van der Waals surface area contributed by atoms with E-state index in [-0.39, 0.29) is 18.3 Å². The third kappa shape index (κ3) is 4.42. The van der Waals surface area contributed by atoms with Crippen molar-refractivity contribution in [1.82, 2.24) is 5.32 Å². The fraction of sp³-hybridized carbons (Fsp3) is 0.333. The molecule has 5 heteroatoms. The summed E-state index contributed by atoms with van der Waals surface area (Å²) in [5.41, 5.74) is 4.34. The first-order chi connectivity index (χ1) is 12.5. The molecule has 2 aromatic rings. The highest BCUT2D eigenvalue weighted by Crippen LogP contribution is 2.26. The number of hydrogen-bond acceptors (Lipinski definition) is 4. The zero-order valence-corrected chi connectivity index (χ0v) is 15.2. The van der Waals surface area contributed by atoms with E-state index in [0.717, 1.165) is 24.9 Å². The molecule has 0 atom stereocenters. The summed E-state index contributed by atoms with van der Waals surface area (Å²) in [5.74, 6) is 0.406. The van der Waals surface area contributed by atoms with Crippen molar-refractivity contribution in [3.8, 4) is 5.75 Å².